The maximum Gasteiger partial charge on any atom is 0.227 e. The van der Waals surface area contributed by atoms with Crippen molar-refractivity contribution in [3.05, 3.63) is 91.3 Å². The van der Waals surface area contributed by atoms with Crippen LogP contribution in [0.25, 0.3) is 21.9 Å². The Labute approximate surface area is 215 Å². The molecule has 0 spiro atoms. The van der Waals surface area contributed by atoms with E-state index in [1.807, 2.05) is 67.0 Å². The van der Waals surface area contributed by atoms with Crippen LogP contribution in [-0.2, 0) is 4.79 Å². The first-order valence-corrected chi connectivity index (χ1v) is 12.7. The lowest BCUT2D eigenvalue weighted by molar-refractivity contribution is -0.119. The minimum Gasteiger partial charge on any atom is -0.340 e. The molecule has 0 saturated heterocycles. The lowest BCUT2D eigenvalue weighted by Crippen LogP contribution is -2.20. The average Bonchev–Trinajstić information content (AvgIpc) is 3.65. The Balaban J connectivity index is 1.24. The molecule has 6 rings (SSSR count). The molecular weight excluding hydrogens is 460 g/mol. The number of nitrogens with one attached hydrogen (secondary N) is 4. The number of hydrogen-bond acceptors (Lipinski definition) is 5. The third-order valence-corrected chi connectivity index (χ3v) is 6.85. The Bertz CT molecular complexity index is 1520. The van der Waals surface area contributed by atoms with Crippen LogP contribution in [0.3, 0.4) is 0 Å². The number of carbonyl (C=O) groups is 1. The van der Waals surface area contributed by atoms with Gasteiger partial charge in [0.2, 0.25) is 5.91 Å². The monoisotopic (exact) mass is 488 g/mol. The Morgan fingerprint density at radius 1 is 0.811 bits per heavy atom. The topological polar surface area (TPSA) is 94.7 Å². The van der Waals surface area contributed by atoms with E-state index in [0.29, 0.717) is 0 Å². The van der Waals surface area contributed by atoms with Crippen LogP contribution in [0.1, 0.15) is 25.7 Å². The summed E-state index contributed by atoms with van der Waals surface area (Å²) in [6.07, 6.45) is 7.92. The van der Waals surface area contributed by atoms with Gasteiger partial charge in [-0.2, -0.15) is 5.10 Å². The molecule has 0 radical (unpaired) electrons. The van der Waals surface area contributed by atoms with Crippen molar-refractivity contribution >= 4 is 45.4 Å². The number of nitrogens with zero attached hydrogens (tertiary/aromatic N) is 2. The highest BCUT2D eigenvalue weighted by Crippen LogP contribution is 2.31. The number of hydrogen-bond donors (Lipinski definition) is 4. The van der Waals surface area contributed by atoms with Crippen molar-refractivity contribution in [3.8, 4) is 11.1 Å². The molecule has 3 aromatic carbocycles. The van der Waals surface area contributed by atoms with Gasteiger partial charge in [-0.3, -0.25) is 9.89 Å². The molecule has 0 bridgehead atoms. The van der Waals surface area contributed by atoms with Crippen LogP contribution < -0.4 is 16.0 Å². The number of anilines is 5. The number of rotatable bonds is 7. The van der Waals surface area contributed by atoms with Gasteiger partial charge in [0.1, 0.15) is 11.6 Å². The number of amides is 1. The van der Waals surface area contributed by atoms with Crippen molar-refractivity contribution in [2.75, 3.05) is 16.0 Å². The molecule has 5 aromatic rings. The molecule has 7 nitrogen and oxygen atoms in total. The number of fused-ring (bicyclic) bond motifs is 1. The fourth-order valence-electron chi connectivity index (χ4n) is 4.90. The molecule has 2 heterocycles. The van der Waals surface area contributed by atoms with Crippen molar-refractivity contribution in [1.29, 1.82) is 0 Å². The number of H-pyrrole nitrogens is 1. The highest BCUT2D eigenvalue weighted by molar-refractivity contribution is 5.96. The number of carbonyl (C=O) groups excluding carboxylic acids is 1. The quantitative estimate of drug-likeness (QED) is 0.194. The second kappa shape index (κ2) is 10.1. The summed E-state index contributed by atoms with van der Waals surface area (Å²) in [4.78, 5) is 17.5. The van der Waals surface area contributed by atoms with Gasteiger partial charge in [-0.05, 0) is 60.2 Å². The maximum absolute atomic E-state index is 12.6. The summed E-state index contributed by atoms with van der Waals surface area (Å²) < 4.78 is 0. The third kappa shape index (κ3) is 5.16. The van der Waals surface area contributed by atoms with E-state index in [9.17, 15) is 4.79 Å². The number of pyridine rings is 1. The molecule has 37 heavy (non-hydrogen) atoms. The van der Waals surface area contributed by atoms with Crippen LogP contribution in [0, 0.1) is 5.92 Å². The molecule has 184 valence electrons. The van der Waals surface area contributed by atoms with Crippen molar-refractivity contribution in [2.45, 2.75) is 25.7 Å². The van der Waals surface area contributed by atoms with Gasteiger partial charge in [-0.25, -0.2) is 4.98 Å². The first kappa shape index (κ1) is 22.8. The van der Waals surface area contributed by atoms with Gasteiger partial charge in [0.15, 0.2) is 0 Å². The minimum atomic E-state index is 0.115. The smallest absolute Gasteiger partial charge is 0.227 e. The molecular formula is C30H28N6O. The molecule has 0 unspecified atom stereocenters. The lowest BCUT2D eigenvalue weighted by atomic mass is 10.1. The Morgan fingerprint density at radius 3 is 2.43 bits per heavy atom. The van der Waals surface area contributed by atoms with E-state index in [1.165, 1.54) is 0 Å². The molecule has 4 N–H and O–H groups in total. The lowest BCUT2D eigenvalue weighted by Gasteiger charge is -2.14. The van der Waals surface area contributed by atoms with Crippen LogP contribution in [-0.4, -0.2) is 21.1 Å². The van der Waals surface area contributed by atoms with Gasteiger partial charge in [0.25, 0.3) is 0 Å². The summed E-state index contributed by atoms with van der Waals surface area (Å²) in [6.45, 7) is 0. The number of aromatic nitrogens is 3. The van der Waals surface area contributed by atoms with Gasteiger partial charge in [-0.1, -0.05) is 55.3 Å². The molecule has 0 aliphatic heterocycles. The summed E-state index contributed by atoms with van der Waals surface area (Å²) in [5.74, 6) is 1.72. The third-order valence-electron chi connectivity index (χ3n) is 6.85. The Hall–Kier alpha value is -4.65. The molecule has 1 aliphatic carbocycles. The Kier molecular flexibility index (Phi) is 6.25. The van der Waals surface area contributed by atoms with E-state index < -0.39 is 0 Å². The van der Waals surface area contributed by atoms with Crippen molar-refractivity contribution in [1.82, 2.24) is 15.2 Å². The summed E-state index contributed by atoms with van der Waals surface area (Å²) in [6, 6.07) is 26.2. The van der Waals surface area contributed by atoms with Crippen LogP contribution in [0.5, 0.6) is 0 Å². The molecule has 7 heteroatoms. The maximum atomic E-state index is 12.6. The van der Waals surface area contributed by atoms with Crippen molar-refractivity contribution < 1.29 is 4.79 Å². The fraction of sp³-hybridized carbons (Fsp3) is 0.167. The second-order valence-electron chi connectivity index (χ2n) is 9.44. The second-order valence-corrected chi connectivity index (χ2v) is 9.44. The van der Waals surface area contributed by atoms with Crippen LogP contribution in [0.15, 0.2) is 91.3 Å². The normalized spacial score (nSPS) is 13.5. The molecule has 1 amide bonds. The van der Waals surface area contributed by atoms with Crippen LogP contribution in [0.2, 0.25) is 0 Å². The van der Waals surface area contributed by atoms with Crippen molar-refractivity contribution in [3.63, 3.8) is 0 Å². The molecule has 1 fully saturated rings. The average molecular weight is 489 g/mol. The molecule has 2 aromatic heterocycles. The van der Waals surface area contributed by atoms with Crippen LogP contribution >= 0.6 is 0 Å². The van der Waals surface area contributed by atoms with Gasteiger partial charge in [0, 0.05) is 40.1 Å². The molecule has 1 aliphatic rings. The van der Waals surface area contributed by atoms with Gasteiger partial charge < -0.3 is 16.0 Å². The van der Waals surface area contributed by atoms with Crippen LogP contribution in [0.4, 0.5) is 28.7 Å². The molecule has 1 saturated carbocycles. The summed E-state index contributed by atoms with van der Waals surface area (Å²) >= 11 is 0. The van der Waals surface area contributed by atoms with E-state index in [2.05, 4.69) is 50.4 Å². The standard InChI is InChI=1S/C30H28N6O/c37-30(21-6-1-2-7-21)35-26-10-5-9-25(17-26)33-28-16-22-8-3-4-11-27(22)29(36-28)34-24-14-12-20(13-15-24)23-18-31-32-19-23/h3-5,8-19,21H,1-2,6-7H2,(H,31,32)(H,35,37)(H2,33,34,36). The Morgan fingerprint density at radius 2 is 1.62 bits per heavy atom. The van der Waals surface area contributed by atoms with Gasteiger partial charge in [0.05, 0.1) is 6.20 Å². The van der Waals surface area contributed by atoms with E-state index in [-0.39, 0.29) is 11.8 Å². The van der Waals surface area contributed by atoms with Gasteiger partial charge in [-0.15, -0.1) is 0 Å². The SMILES string of the molecule is O=C(Nc1cccc(Nc2cc3ccccc3c(Nc3ccc(-c4cn[nH]c4)cc3)n2)c1)C1CCCC1. The summed E-state index contributed by atoms with van der Waals surface area (Å²) in [5, 5.41) is 19.0. The predicted molar refractivity (Wildman–Crippen MR) is 149 cm³/mol. The highest BCUT2D eigenvalue weighted by Gasteiger charge is 2.22. The predicted octanol–water partition coefficient (Wildman–Crippen LogP) is 7.24. The van der Waals surface area contributed by atoms with Gasteiger partial charge >= 0.3 is 0 Å². The first-order valence-electron chi connectivity index (χ1n) is 12.7. The van der Waals surface area contributed by atoms with E-state index in [0.717, 1.165) is 76.3 Å². The largest absolute Gasteiger partial charge is 0.340 e. The van der Waals surface area contributed by atoms with Crippen molar-refractivity contribution in [2.24, 2.45) is 5.92 Å². The zero-order valence-corrected chi connectivity index (χ0v) is 20.4. The first-order chi connectivity index (χ1) is 18.2. The molecule has 0 atom stereocenters. The van der Waals surface area contributed by atoms with E-state index in [1.54, 1.807) is 0 Å². The summed E-state index contributed by atoms with van der Waals surface area (Å²) in [5.41, 5.74) is 4.73. The fourth-order valence-corrected chi connectivity index (χ4v) is 4.90. The highest BCUT2D eigenvalue weighted by atomic mass is 16.1. The van der Waals surface area contributed by atoms with E-state index >= 15 is 0 Å². The summed E-state index contributed by atoms with van der Waals surface area (Å²) in [7, 11) is 0. The minimum absolute atomic E-state index is 0.115. The zero-order chi connectivity index (χ0) is 25.0. The van der Waals surface area contributed by atoms with E-state index in [4.69, 9.17) is 4.98 Å². The number of benzene rings is 3. The number of aromatic amines is 1. The zero-order valence-electron chi connectivity index (χ0n) is 20.4.